The number of ketones is 1. The van der Waals surface area contributed by atoms with E-state index in [4.69, 9.17) is 4.74 Å². The molecule has 1 rings (SSSR count). The molecule has 1 aromatic rings. The summed E-state index contributed by atoms with van der Waals surface area (Å²) in [6.45, 7) is 1.59. The van der Waals surface area contributed by atoms with Crippen LogP contribution in [0.25, 0.3) is 0 Å². The standard InChI is InChI=1S/C13H12BrF3O3/c1-2-20-12(19)11-6-9(13(15,16)17)4-3-8(11)5-10(18)7-14/h3-4,6H,2,5,7H2,1H3. The van der Waals surface area contributed by atoms with Crippen LogP contribution in [0.4, 0.5) is 13.2 Å². The minimum absolute atomic E-state index is 0.0426. The fourth-order valence-electron chi connectivity index (χ4n) is 1.57. The summed E-state index contributed by atoms with van der Waals surface area (Å²) in [6, 6.07) is 2.70. The molecule has 0 fully saturated rings. The highest BCUT2D eigenvalue weighted by Gasteiger charge is 2.32. The van der Waals surface area contributed by atoms with E-state index in [0.29, 0.717) is 0 Å². The highest BCUT2D eigenvalue weighted by Crippen LogP contribution is 2.31. The van der Waals surface area contributed by atoms with E-state index in [9.17, 15) is 22.8 Å². The normalized spacial score (nSPS) is 11.2. The van der Waals surface area contributed by atoms with Crippen LogP contribution in [0.3, 0.4) is 0 Å². The molecule has 0 aromatic heterocycles. The van der Waals surface area contributed by atoms with Gasteiger partial charge in [-0.25, -0.2) is 4.79 Å². The molecule has 20 heavy (non-hydrogen) atoms. The number of ether oxygens (including phenoxy) is 1. The summed E-state index contributed by atoms with van der Waals surface area (Å²) >= 11 is 2.97. The van der Waals surface area contributed by atoms with Crippen molar-refractivity contribution in [1.29, 1.82) is 0 Å². The summed E-state index contributed by atoms with van der Waals surface area (Å²) in [5.74, 6) is -1.11. The first kappa shape index (κ1) is 16.7. The predicted molar refractivity (Wildman–Crippen MR) is 69.9 cm³/mol. The van der Waals surface area contributed by atoms with E-state index in [1.54, 1.807) is 6.92 Å². The second-order valence-electron chi connectivity index (χ2n) is 3.94. The van der Waals surface area contributed by atoms with Gasteiger partial charge in [0.05, 0.1) is 23.1 Å². The first-order valence-corrected chi connectivity index (χ1v) is 6.86. The number of rotatable bonds is 5. The van der Waals surface area contributed by atoms with E-state index >= 15 is 0 Å². The lowest BCUT2D eigenvalue weighted by Crippen LogP contribution is -2.14. The Kier molecular flexibility index (Phi) is 5.74. The van der Waals surface area contributed by atoms with Crippen LogP contribution < -0.4 is 0 Å². The van der Waals surface area contributed by atoms with Crippen molar-refractivity contribution in [3.63, 3.8) is 0 Å². The number of hydrogen-bond acceptors (Lipinski definition) is 3. The molecule has 0 radical (unpaired) electrons. The molecule has 0 aliphatic carbocycles. The van der Waals surface area contributed by atoms with Crippen molar-refractivity contribution in [1.82, 2.24) is 0 Å². The maximum atomic E-state index is 12.7. The third-order valence-electron chi connectivity index (χ3n) is 2.47. The summed E-state index contributed by atoms with van der Waals surface area (Å²) in [4.78, 5) is 23.1. The Hall–Kier alpha value is -1.37. The molecular weight excluding hydrogens is 341 g/mol. The van der Waals surface area contributed by atoms with Crippen LogP contribution in [0.5, 0.6) is 0 Å². The molecule has 0 amide bonds. The lowest BCUT2D eigenvalue weighted by molar-refractivity contribution is -0.137. The van der Waals surface area contributed by atoms with Gasteiger partial charge in [-0.05, 0) is 24.6 Å². The molecule has 110 valence electrons. The van der Waals surface area contributed by atoms with Crippen LogP contribution in [0, 0.1) is 0 Å². The number of esters is 1. The number of carbonyl (C=O) groups is 2. The zero-order valence-corrected chi connectivity index (χ0v) is 12.2. The molecule has 3 nitrogen and oxygen atoms in total. The third-order valence-corrected chi connectivity index (χ3v) is 3.09. The van der Waals surface area contributed by atoms with Gasteiger partial charge >= 0.3 is 12.1 Å². The lowest BCUT2D eigenvalue weighted by atomic mass is 9.99. The number of alkyl halides is 4. The van der Waals surface area contributed by atoms with Crippen molar-refractivity contribution < 1.29 is 27.5 Å². The molecule has 7 heteroatoms. The molecule has 0 unspecified atom stereocenters. The highest BCUT2D eigenvalue weighted by molar-refractivity contribution is 9.09. The largest absolute Gasteiger partial charge is 0.462 e. The van der Waals surface area contributed by atoms with Crippen LogP contribution in [-0.2, 0) is 22.1 Å². The summed E-state index contributed by atoms with van der Waals surface area (Å²) in [5.41, 5.74) is -0.951. The van der Waals surface area contributed by atoms with Crippen LogP contribution in [0.2, 0.25) is 0 Å². The SMILES string of the molecule is CCOC(=O)c1cc(C(F)(F)F)ccc1CC(=O)CBr. The predicted octanol–water partition coefficient (Wildman–Crippen LogP) is 3.39. The van der Waals surface area contributed by atoms with E-state index in [1.165, 1.54) is 0 Å². The molecule has 0 saturated heterocycles. The summed E-state index contributed by atoms with van der Waals surface area (Å²) < 4.78 is 42.7. The number of hydrogen-bond donors (Lipinski definition) is 0. The quantitative estimate of drug-likeness (QED) is 0.602. The monoisotopic (exact) mass is 352 g/mol. The van der Waals surface area contributed by atoms with Gasteiger partial charge in [0.15, 0.2) is 0 Å². The second-order valence-corrected chi connectivity index (χ2v) is 4.50. The molecule has 0 aliphatic rings. The van der Waals surface area contributed by atoms with Crippen molar-refractivity contribution in [3.8, 4) is 0 Å². The summed E-state index contributed by atoms with van der Waals surface area (Å²) in [5, 5.41) is 0.0658. The average molecular weight is 353 g/mol. The maximum Gasteiger partial charge on any atom is 0.416 e. The fraction of sp³-hybridized carbons (Fsp3) is 0.385. The van der Waals surface area contributed by atoms with Crippen molar-refractivity contribution in [2.75, 3.05) is 11.9 Å². The maximum absolute atomic E-state index is 12.7. The van der Waals surface area contributed by atoms with Crippen molar-refractivity contribution in [3.05, 3.63) is 34.9 Å². The van der Waals surface area contributed by atoms with Gasteiger partial charge < -0.3 is 4.74 Å². The molecule has 0 spiro atoms. The van der Waals surface area contributed by atoms with Gasteiger partial charge in [-0.2, -0.15) is 13.2 Å². The zero-order valence-electron chi connectivity index (χ0n) is 10.6. The second kappa shape index (κ2) is 6.88. The van der Waals surface area contributed by atoms with Crippen molar-refractivity contribution in [2.45, 2.75) is 19.5 Å². The Morgan fingerprint density at radius 2 is 1.95 bits per heavy atom. The molecule has 0 N–H and O–H groups in total. The Labute approximate surface area is 122 Å². The van der Waals surface area contributed by atoms with Gasteiger partial charge in [-0.3, -0.25) is 4.79 Å². The molecule has 0 aliphatic heterocycles. The Morgan fingerprint density at radius 1 is 1.30 bits per heavy atom. The zero-order chi connectivity index (χ0) is 15.3. The smallest absolute Gasteiger partial charge is 0.416 e. The third kappa shape index (κ3) is 4.33. The lowest BCUT2D eigenvalue weighted by Gasteiger charge is -2.12. The van der Waals surface area contributed by atoms with E-state index < -0.39 is 17.7 Å². The van der Waals surface area contributed by atoms with Gasteiger partial charge in [0, 0.05) is 6.42 Å². The van der Waals surface area contributed by atoms with Gasteiger partial charge in [-0.1, -0.05) is 22.0 Å². The van der Waals surface area contributed by atoms with Crippen LogP contribution in [-0.4, -0.2) is 23.7 Å². The van der Waals surface area contributed by atoms with Gasteiger partial charge in [0.1, 0.15) is 5.78 Å². The Morgan fingerprint density at radius 3 is 2.45 bits per heavy atom. The van der Waals surface area contributed by atoms with Crippen molar-refractivity contribution in [2.24, 2.45) is 0 Å². The first-order chi connectivity index (χ1) is 9.29. The number of benzene rings is 1. The van der Waals surface area contributed by atoms with Gasteiger partial charge in [0.25, 0.3) is 0 Å². The summed E-state index contributed by atoms with van der Waals surface area (Å²) in [6.07, 6.45) is -4.68. The number of carbonyl (C=O) groups excluding carboxylic acids is 2. The molecule has 1 aromatic carbocycles. The van der Waals surface area contributed by atoms with E-state index in [-0.39, 0.29) is 35.3 Å². The first-order valence-electron chi connectivity index (χ1n) is 5.74. The minimum atomic E-state index is -4.56. The molecule has 0 saturated carbocycles. The fourth-order valence-corrected chi connectivity index (χ4v) is 1.76. The van der Waals surface area contributed by atoms with E-state index in [1.807, 2.05) is 0 Å². The van der Waals surface area contributed by atoms with Crippen molar-refractivity contribution >= 4 is 27.7 Å². The number of halogens is 4. The molecular formula is C13H12BrF3O3. The Bertz CT molecular complexity index is 512. The van der Waals surface area contributed by atoms with E-state index in [0.717, 1.165) is 18.2 Å². The minimum Gasteiger partial charge on any atom is -0.462 e. The number of Topliss-reactive ketones (excluding diaryl/α,β-unsaturated/α-hetero) is 1. The summed E-state index contributed by atoms with van der Waals surface area (Å²) in [7, 11) is 0. The topological polar surface area (TPSA) is 43.4 Å². The Balaban J connectivity index is 3.23. The van der Waals surface area contributed by atoms with E-state index in [2.05, 4.69) is 15.9 Å². The molecule has 0 atom stereocenters. The highest BCUT2D eigenvalue weighted by atomic mass is 79.9. The molecule has 0 heterocycles. The molecule has 0 bridgehead atoms. The van der Waals surface area contributed by atoms with Crippen LogP contribution in [0.15, 0.2) is 18.2 Å². The van der Waals surface area contributed by atoms with Crippen LogP contribution in [0.1, 0.15) is 28.4 Å². The average Bonchev–Trinajstić information content (AvgIpc) is 2.37. The van der Waals surface area contributed by atoms with Gasteiger partial charge in [-0.15, -0.1) is 0 Å². The van der Waals surface area contributed by atoms with Crippen LogP contribution >= 0.6 is 15.9 Å². The van der Waals surface area contributed by atoms with Gasteiger partial charge in [0.2, 0.25) is 0 Å².